The van der Waals surface area contributed by atoms with Crippen LogP contribution in [-0.4, -0.2) is 15.9 Å². The van der Waals surface area contributed by atoms with E-state index in [0.29, 0.717) is 20.8 Å². The second-order valence-electron chi connectivity index (χ2n) is 4.75. The molecule has 0 amide bonds. The van der Waals surface area contributed by atoms with Crippen molar-refractivity contribution < 1.29 is 0 Å². The minimum Gasteiger partial charge on any atom is -0.368 e. The minimum atomic E-state index is 0.274. The zero-order valence-corrected chi connectivity index (χ0v) is 14.0. The highest BCUT2D eigenvalue weighted by molar-refractivity contribution is 6.36. The van der Waals surface area contributed by atoms with Crippen LogP contribution in [-0.2, 0) is 0 Å². The molecule has 2 aromatic carbocycles. The summed E-state index contributed by atoms with van der Waals surface area (Å²) in [6, 6.07) is 12.5. The molecule has 0 aliphatic heterocycles. The lowest BCUT2D eigenvalue weighted by Gasteiger charge is -1.99. The standard InChI is InChI=1S/C16H11Cl3N4/c17-12-4-1-10(2-5-12)15-9-23(16(20)22-15)21-8-11-3-6-13(18)7-14(11)19/h1-9H,(H2,20,22)/b21-8-. The van der Waals surface area contributed by atoms with Crippen LogP contribution in [0.3, 0.4) is 0 Å². The van der Waals surface area contributed by atoms with Gasteiger partial charge < -0.3 is 5.73 Å². The molecule has 0 spiro atoms. The molecule has 1 aromatic heterocycles. The Hall–Kier alpha value is -2.01. The number of rotatable bonds is 3. The average molecular weight is 366 g/mol. The summed E-state index contributed by atoms with van der Waals surface area (Å²) < 4.78 is 1.48. The van der Waals surface area contributed by atoms with Gasteiger partial charge in [0.15, 0.2) is 0 Å². The van der Waals surface area contributed by atoms with E-state index in [1.807, 2.05) is 12.1 Å². The number of imidazole rings is 1. The van der Waals surface area contributed by atoms with E-state index in [-0.39, 0.29) is 5.95 Å². The third kappa shape index (κ3) is 3.67. The lowest BCUT2D eigenvalue weighted by Crippen LogP contribution is -1.97. The van der Waals surface area contributed by atoms with E-state index < -0.39 is 0 Å². The summed E-state index contributed by atoms with van der Waals surface area (Å²) in [4.78, 5) is 4.29. The Morgan fingerprint density at radius 2 is 1.70 bits per heavy atom. The molecule has 3 aromatic rings. The topological polar surface area (TPSA) is 56.2 Å². The first-order valence-corrected chi connectivity index (χ1v) is 7.76. The lowest BCUT2D eigenvalue weighted by molar-refractivity contribution is 0.898. The molecule has 2 N–H and O–H groups in total. The van der Waals surface area contributed by atoms with Crippen molar-refractivity contribution in [3.63, 3.8) is 0 Å². The number of hydrogen-bond acceptors (Lipinski definition) is 3. The third-order valence-corrected chi connectivity index (χ3v) is 3.95. The van der Waals surface area contributed by atoms with Crippen molar-refractivity contribution in [1.29, 1.82) is 0 Å². The van der Waals surface area contributed by atoms with Crippen molar-refractivity contribution in [2.45, 2.75) is 0 Å². The van der Waals surface area contributed by atoms with Gasteiger partial charge in [-0.1, -0.05) is 53.0 Å². The second kappa shape index (κ2) is 6.62. The van der Waals surface area contributed by atoms with Crippen LogP contribution in [0.4, 0.5) is 5.95 Å². The fraction of sp³-hybridized carbons (Fsp3) is 0. The molecule has 4 nitrogen and oxygen atoms in total. The third-order valence-electron chi connectivity index (χ3n) is 3.14. The summed E-state index contributed by atoms with van der Waals surface area (Å²) in [5, 5.41) is 6.03. The van der Waals surface area contributed by atoms with Gasteiger partial charge in [-0.15, -0.1) is 0 Å². The molecule has 0 unspecified atom stereocenters. The Bertz CT molecular complexity index is 870. The molecule has 0 aliphatic rings. The number of nitrogen functional groups attached to an aromatic ring is 1. The van der Waals surface area contributed by atoms with E-state index in [2.05, 4.69) is 10.1 Å². The summed E-state index contributed by atoms with van der Waals surface area (Å²) in [5.41, 5.74) is 8.24. The van der Waals surface area contributed by atoms with Crippen molar-refractivity contribution in [3.8, 4) is 11.3 Å². The zero-order chi connectivity index (χ0) is 16.4. The van der Waals surface area contributed by atoms with E-state index in [0.717, 1.165) is 11.1 Å². The van der Waals surface area contributed by atoms with Crippen molar-refractivity contribution in [2.24, 2.45) is 5.10 Å². The van der Waals surface area contributed by atoms with Gasteiger partial charge in [0.2, 0.25) is 5.95 Å². The van der Waals surface area contributed by atoms with Gasteiger partial charge in [0.1, 0.15) is 0 Å². The van der Waals surface area contributed by atoms with E-state index in [1.165, 1.54) is 4.68 Å². The highest BCUT2D eigenvalue weighted by Crippen LogP contribution is 2.22. The zero-order valence-electron chi connectivity index (χ0n) is 11.7. The first-order chi connectivity index (χ1) is 11.0. The second-order valence-corrected chi connectivity index (χ2v) is 6.03. The van der Waals surface area contributed by atoms with Crippen LogP contribution >= 0.6 is 34.8 Å². The molecule has 0 saturated carbocycles. The van der Waals surface area contributed by atoms with Gasteiger partial charge in [0, 0.05) is 21.2 Å². The van der Waals surface area contributed by atoms with Crippen molar-refractivity contribution in [1.82, 2.24) is 9.66 Å². The maximum Gasteiger partial charge on any atom is 0.221 e. The van der Waals surface area contributed by atoms with Crippen molar-refractivity contribution >= 4 is 47.0 Å². The summed E-state index contributed by atoms with van der Waals surface area (Å²) in [5.74, 6) is 0.274. The Kier molecular flexibility index (Phi) is 4.57. The molecule has 7 heteroatoms. The molecule has 0 bridgehead atoms. The van der Waals surface area contributed by atoms with Gasteiger partial charge in [-0.2, -0.15) is 5.10 Å². The number of hydrogen-bond donors (Lipinski definition) is 1. The lowest BCUT2D eigenvalue weighted by atomic mass is 10.2. The summed E-state index contributed by atoms with van der Waals surface area (Å²) in [7, 11) is 0. The van der Waals surface area contributed by atoms with Crippen LogP contribution in [0.25, 0.3) is 11.3 Å². The van der Waals surface area contributed by atoms with Crippen LogP contribution in [0.2, 0.25) is 15.1 Å². The predicted molar refractivity (Wildman–Crippen MR) is 96.5 cm³/mol. The van der Waals surface area contributed by atoms with Crippen molar-refractivity contribution in [3.05, 3.63) is 69.3 Å². The van der Waals surface area contributed by atoms with Gasteiger partial charge in [0.25, 0.3) is 0 Å². The van der Waals surface area contributed by atoms with E-state index in [1.54, 1.807) is 42.7 Å². The van der Waals surface area contributed by atoms with Crippen LogP contribution in [0.1, 0.15) is 5.56 Å². The quantitative estimate of drug-likeness (QED) is 0.666. The number of benzene rings is 2. The molecule has 0 aliphatic carbocycles. The number of nitrogens with zero attached hydrogens (tertiary/aromatic N) is 3. The summed E-state index contributed by atoms with van der Waals surface area (Å²) >= 11 is 17.9. The maximum absolute atomic E-state index is 6.11. The van der Waals surface area contributed by atoms with E-state index >= 15 is 0 Å². The molecule has 1 heterocycles. The fourth-order valence-corrected chi connectivity index (χ4v) is 2.55. The molecule has 0 atom stereocenters. The van der Waals surface area contributed by atoms with Crippen molar-refractivity contribution in [2.75, 3.05) is 5.73 Å². The summed E-state index contributed by atoms with van der Waals surface area (Å²) in [6.45, 7) is 0. The normalized spacial score (nSPS) is 11.3. The highest BCUT2D eigenvalue weighted by Gasteiger charge is 2.06. The van der Waals surface area contributed by atoms with Gasteiger partial charge in [-0.05, 0) is 24.3 Å². The Morgan fingerprint density at radius 1 is 1.00 bits per heavy atom. The average Bonchev–Trinajstić information content (AvgIpc) is 2.88. The predicted octanol–water partition coefficient (Wildman–Crippen LogP) is 4.97. The Morgan fingerprint density at radius 3 is 2.39 bits per heavy atom. The molecule has 3 rings (SSSR count). The van der Waals surface area contributed by atoms with Gasteiger partial charge in [-0.3, -0.25) is 0 Å². The molecular formula is C16H11Cl3N4. The van der Waals surface area contributed by atoms with E-state index in [9.17, 15) is 0 Å². The number of anilines is 1. The molecule has 0 fully saturated rings. The van der Waals surface area contributed by atoms with Crippen LogP contribution < -0.4 is 5.73 Å². The Labute approximate surface area is 148 Å². The first kappa shape index (κ1) is 15.9. The van der Waals surface area contributed by atoms with Gasteiger partial charge in [-0.25, -0.2) is 9.66 Å². The summed E-state index contributed by atoms with van der Waals surface area (Å²) in [6.07, 6.45) is 3.33. The Balaban J connectivity index is 1.89. The minimum absolute atomic E-state index is 0.274. The smallest absolute Gasteiger partial charge is 0.221 e. The van der Waals surface area contributed by atoms with Gasteiger partial charge >= 0.3 is 0 Å². The molecule has 0 saturated heterocycles. The molecule has 116 valence electrons. The molecule has 0 radical (unpaired) electrons. The largest absolute Gasteiger partial charge is 0.368 e. The van der Waals surface area contributed by atoms with Crippen LogP contribution in [0.5, 0.6) is 0 Å². The number of nitrogens with two attached hydrogens (primary N) is 1. The monoisotopic (exact) mass is 364 g/mol. The van der Waals surface area contributed by atoms with Gasteiger partial charge in [0.05, 0.1) is 23.1 Å². The van der Waals surface area contributed by atoms with Crippen LogP contribution in [0, 0.1) is 0 Å². The number of aromatic nitrogens is 2. The number of halogens is 3. The highest BCUT2D eigenvalue weighted by atomic mass is 35.5. The SMILES string of the molecule is Nc1nc(-c2ccc(Cl)cc2)cn1/N=C\c1ccc(Cl)cc1Cl. The maximum atomic E-state index is 6.11. The molecular weight excluding hydrogens is 355 g/mol. The first-order valence-electron chi connectivity index (χ1n) is 6.63. The molecule has 23 heavy (non-hydrogen) atoms. The van der Waals surface area contributed by atoms with Crippen LogP contribution in [0.15, 0.2) is 53.8 Å². The fourth-order valence-electron chi connectivity index (χ4n) is 1.97. The van der Waals surface area contributed by atoms with E-state index in [4.69, 9.17) is 40.5 Å².